The van der Waals surface area contributed by atoms with Gasteiger partial charge < -0.3 is 11.1 Å². The van der Waals surface area contributed by atoms with Gasteiger partial charge in [0.05, 0.1) is 6.04 Å². The van der Waals surface area contributed by atoms with Crippen LogP contribution < -0.4 is 11.1 Å². The maximum Gasteiger partial charge on any atom is 0.109 e. The first-order valence-electron chi connectivity index (χ1n) is 6.12. The summed E-state index contributed by atoms with van der Waals surface area (Å²) >= 11 is 1.73. The van der Waals surface area contributed by atoms with Crippen LogP contribution in [-0.2, 0) is 0 Å². The molecule has 0 aliphatic rings. The topological polar surface area (TPSA) is 50.9 Å². The van der Waals surface area contributed by atoms with Crippen LogP contribution in [0, 0.1) is 0 Å². The van der Waals surface area contributed by atoms with Gasteiger partial charge in [0.1, 0.15) is 5.01 Å². The molecule has 92 valence electrons. The predicted octanol–water partition coefficient (Wildman–Crippen LogP) is 2.70. The lowest BCUT2D eigenvalue weighted by atomic mass is 10.1. The number of nitrogens with two attached hydrogens (primary N) is 1. The largest absolute Gasteiger partial charge is 0.328 e. The standard InChI is InChI=1S/C12H23N3S/c1-3-11(12-15-8-9-16-12)14-7-5-4-6-10(2)13/h8-11,14H,3-7,13H2,1-2H3. The summed E-state index contributed by atoms with van der Waals surface area (Å²) < 4.78 is 0. The predicted molar refractivity (Wildman–Crippen MR) is 70.6 cm³/mol. The van der Waals surface area contributed by atoms with Crippen molar-refractivity contribution in [3.8, 4) is 0 Å². The molecule has 1 aromatic heterocycles. The van der Waals surface area contributed by atoms with Crippen molar-refractivity contribution in [3.63, 3.8) is 0 Å². The Morgan fingerprint density at radius 1 is 1.50 bits per heavy atom. The second kappa shape index (κ2) is 7.76. The molecule has 0 radical (unpaired) electrons. The van der Waals surface area contributed by atoms with Gasteiger partial charge in [0.2, 0.25) is 0 Å². The van der Waals surface area contributed by atoms with Gasteiger partial charge >= 0.3 is 0 Å². The maximum absolute atomic E-state index is 5.71. The Morgan fingerprint density at radius 2 is 2.31 bits per heavy atom. The first kappa shape index (κ1) is 13.6. The SMILES string of the molecule is CCC(NCCCCC(C)N)c1nccs1. The fourth-order valence-corrected chi connectivity index (χ4v) is 2.48. The first-order chi connectivity index (χ1) is 7.74. The molecule has 4 heteroatoms. The van der Waals surface area contributed by atoms with Crippen molar-refractivity contribution in [3.05, 3.63) is 16.6 Å². The number of hydrogen-bond donors (Lipinski definition) is 2. The van der Waals surface area contributed by atoms with Crippen molar-refractivity contribution in [2.45, 2.75) is 51.6 Å². The molecule has 0 amide bonds. The number of nitrogens with zero attached hydrogens (tertiary/aromatic N) is 1. The Morgan fingerprint density at radius 3 is 2.88 bits per heavy atom. The summed E-state index contributed by atoms with van der Waals surface area (Å²) in [6, 6.07) is 0.760. The average Bonchev–Trinajstić information content (AvgIpc) is 2.76. The number of unbranched alkanes of at least 4 members (excludes halogenated alkanes) is 1. The Bertz CT molecular complexity index is 259. The minimum atomic E-state index is 0.334. The molecule has 2 unspecified atom stereocenters. The number of aromatic nitrogens is 1. The lowest BCUT2D eigenvalue weighted by molar-refractivity contribution is 0.489. The Kier molecular flexibility index (Phi) is 6.61. The summed E-state index contributed by atoms with van der Waals surface area (Å²) in [6.45, 7) is 5.32. The van der Waals surface area contributed by atoms with Crippen LogP contribution in [0.25, 0.3) is 0 Å². The third kappa shape index (κ3) is 5.05. The van der Waals surface area contributed by atoms with Crippen LogP contribution in [0.3, 0.4) is 0 Å². The molecule has 16 heavy (non-hydrogen) atoms. The van der Waals surface area contributed by atoms with E-state index >= 15 is 0 Å². The number of thiazole rings is 1. The molecule has 1 heterocycles. The van der Waals surface area contributed by atoms with E-state index in [1.165, 1.54) is 17.8 Å². The van der Waals surface area contributed by atoms with Gasteiger partial charge in [-0.2, -0.15) is 0 Å². The first-order valence-corrected chi connectivity index (χ1v) is 7.00. The Hall–Kier alpha value is -0.450. The molecule has 1 aromatic rings. The highest BCUT2D eigenvalue weighted by Crippen LogP contribution is 2.18. The summed E-state index contributed by atoms with van der Waals surface area (Å²) in [4.78, 5) is 4.35. The molecule has 1 rings (SSSR count). The van der Waals surface area contributed by atoms with Crippen LogP contribution in [0.1, 0.15) is 50.6 Å². The normalized spacial score (nSPS) is 14.9. The zero-order valence-electron chi connectivity index (χ0n) is 10.3. The highest BCUT2D eigenvalue weighted by molar-refractivity contribution is 7.09. The Labute approximate surface area is 102 Å². The van der Waals surface area contributed by atoms with Crippen LogP contribution in [0.15, 0.2) is 11.6 Å². The monoisotopic (exact) mass is 241 g/mol. The second-order valence-electron chi connectivity index (χ2n) is 4.26. The van der Waals surface area contributed by atoms with Crippen molar-refractivity contribution < 1.29 is 0 Å². The van der Waals surface area contributed by atoms with Crippen LogP contribution in [0.5, 0.6) is 0 Å². The molecule has 0 saturated carbocycles. The van der Waals surface area contributed by atoms with Gasteiger partial charge in [-0.25, -0.2) is 4.98 Å². The van der Waals surface area contributed by atoms with Gasteiger partial charge in [-0.05, 0) is 32.7 Å². The lowest BCUT2D eigenvalue weighted by Crippen LogP contribution is -2.22. The highest BCUT2D eigenvalue weighted by atomic mass is 32.1. The van der Waals surface area contributed by atoms with E-state index in [4.69, 9.17) is 5.73 Å². The number of hydrogen-bond acceptors (Lipinski definition) is 4. The van der Waals surface area contributed by atoms with E-state index in [1.54, 1.807) is 11.3 Å². The molecular weight excluding hydrogens is 218 g/mol. The third-order valence-electron chi connectivity index (χ3n) is 2.63. The van der Waals surface area contributed by atoms with Crippen LogP contribution in [0.4, 0.5) is 0 Å². The lowest BCUT2D eigenvalue weighted by Gasteiger charge is -2.14. The van der Waals surface area contributed by atoms with Gasteiger partial charge in [-0.1, -0.05) is 13.3 Å². The third-order valence-corrected chi connectivity index (χ3v) is 3.52. The molecule has 0 spiro atoms. The van der Waals surface area contributed by atoms with Gasteiger partial charge in [0.25, 0.3) is 0 Å². The molecular formula is C12H23N3S. The van der Waals surface area contributed by atoms with Crippen molar-refractivity contribution in [1.29, 1.82) is 0 Å². The van der Waals surface area contributed by atoms with Crippen molar-refractivity contribution in [2.75, 3.05) is 6.54 Å². The zero-order chi connectivity index (χ0) is 11.8. The molecule has 0 aliphatic heterocycles. The number of rotatable bonds is 8. The smallest absolute Gasteiger partial charge is 0.109 e. The molecule has 0 fully saturated rings. The summed E-state index contributed by atoms with van der Waals surface area (Å²) in [6.07, 6.45) is 6.50. The Balaban J connectivity index is 2.15. The number of nitrogens with one attached hydrogen (secondary N) is 1. The van der Waals surface area contributed by atoms with Gasteiger partial charge in [0, 0.05) is 17.6 Å². The second-order valence-corrected chi connectivity index (χ2v) is 5.18. The zero-order valence-corrected chi connectivity index (χ0v) is 11.1. The van der Waals surface area contributed by atoms with Crippen LogP contribution >= 0.6 is 11.3 Å². The molecule has 3 N–H and O–H groups in total. The van der Waals surface area contributed by atoms with Gasteiger partial charge in [-0.15, -0.1) is 11.3 Å². The van der Waals surface area contributed by atoms with Crippen LogP contribution in [0.2, 0.25) is 0 Å². The van der Waals surface area contributed by atoms with Crippen LogP contribution in [-0.4, -0.2) is 17.6 Å². The van der Waals surface area contributed by atoms with Crippen molar-refractivity contribution in [2.24, 2.45) is 5.73 Å². The molecule has 0 aliphatic carbocycles. The van der Waals surface area contributed by atoms with E-state index < -0.39 is 0 Å². The minimum Gasteiger partial charge on any atom is -0.328 e. The minimum absolute atomic E-state index is 0.334. The van der Waals surface area contributed by atoms with E-state index in [9.17, 15) is 0 Å². The van der Waals surface area contributed by atoms with Gasteiger partial charge in [0.15, 0.2) is 0 Å². The summed E-state index contributed by atoms with van der Waals surface area (Å²) in [5.41, 5.74) is 5.71. The average molecular weight is 241 g/mol. The molecule has 3 nitrogen and oxygen atoms in total. The van der Waals surface area contributed by atoms with Crippen molar-refractivity contribution >= 4 is 11.3 Å². The maximum atomic E-state index is 5.71. The quantitative estimate of drug-likeness (QED) is 0.688. The molecule has 0 saturated heterocycles. The molecule has 0 aromatic carbocycles. The molecule has 0 bridgehead atoms. The van der Waals surface area contributed by atoms with Gasteiger partial charge in [-0.3, -0.25) is 0 Å². The van der Waals surface area contributed by atoms with E-state index in [-0.39, 0.29) is 0 Å². The highest BCUT2D eigenvalue weighted by Gasteiger charge is 2.10. The summed E-state index contributed by atoms with van der Waals surface area (Å²) in [7, 11) is 0. The fraction of sp³-hybridized carbons (Fsp3) is 0.750. The van der Waals surface area contributed by atoms with E-state index in [0.717, 1.165) is 19.4 Å². The fourth-order valence-electron chi connectivity index (χ4n) is 1.68. The van der Waals surface area contributed by atoms with E-state index in [2.05, 4.69) is 24.1 Å². The summed E-state index contributed by atoms with van der Waals surface area (Å²) in [5.74, 6) is 0. The van der Waals surface area contributed by atoms with Crippen molar-refractivity contribution in [1.82, 2.24) is 10.3 Å². The molecule has 2 atom stereocenters. The summed E-state index contributed by atoms with van der Waals surface area (Å²) in [5, 5.41) is 6.79. The van der Waals surface area contributed by atoms with E-state index in [1.807, 2.05) is 11.6 Å². The van der Waals surface area contributed by atoms with E-state index in [0.29, 0.717) is 12.1 Å².